The molecule has 0 N–H and O–H groups in total. The molecule has 1 fully saturated rings. The number of nitrogens with zero attached hydrogens (tertiary/aromatic N) is 2. The largest absolute Gasteiger partial charge is 0.372 e. The van der Waals surface area contributed by atoms with Gasteiger partial charge in [0.15, 0.2) is 0 Å². The van der Waals surface area contributed by atoms with E-state index in [0.29, 0.717) is 0 Å². The fourth-order valence-corrected chi connectivity index (χ4v) is 4.05. The van der Waals surface area contributed by atoms with Crippen molar-refractivity contribution in [1.82, 2.24) is 0 Å². The van der Waals surface area contributed by atoms with Crippen molar-refractivity contribution in [2.75, 3.05) is 36.0 Å². The van der Waals surface area contributed by atoms with Crippen molar-refractivity contribution in [2.24, 2.45) is 0 Å². The minimum absolute atomic E-state index is 1.03. The average Bonchev–Trinajstić information content (AvgIpc) is 3.23. The zero-order valence-corrected chi connectivity index (χ0v) is 17.0. The van der Waals surface area contributed by atoms with Gasteiger partial charge in [-0.15, -0.1) is 0 Å². The first-order valence-corrected chi connectivity index (χ1v) is 10.2. The van der Waals surface area contributed by atoms with Crippen LogP contribution in [0.3, 0.4) is 0 Å². The van der Waals surface area contributed by atoms with Gasteiger partial charge in [0.2, 0.25) is 0 Å². The standard InChI is InChI=1S/C25H32N2/c1-5-10-24(21-11-14-23(15-12-21)27-17-8-9-18-27)22-13-16-25(20(4)19-22)26(6-2)7-3/h5,10-16,19H,1,6-9,17-18H2,2-4H3. The maximum atomic E-state index is 3.93. The third-order valence-electron chi connectivity index (χ3n) is 5.55. The molecule has 2 nitrogen and oxygen atoms in total. The lowest BCUT2D eigenvalue weighted by molar-refractivity contribution is 0.862. The number of benzene rings is 2. The Kier molecular flexibility index (Phi) is 6.39. The van der Waals surface area contributed by atoms with Crippen molar-refractivity contribution < 1.29 is 0 Å². The van der Waals surface area contributed by atoms with E-state index in [1.54, 1.807) is 0 Å². The van der Waals surface area contributed by atoms with Gasteiger partial charge in [0.1, 0.15) is 0 Å². The summed E-state index contributed by atoms with van der Waals surface area (Å²) in [6.45, 7) is 15.0. The zero-order chi connectivity index (χ0) is 19.2. The minimum Gasteiger partial charge on any atom is -0.372 e. The second-order valence-corrected chi connectivity index (χ2v) is 7.23. The fraction of sp³-hybridized carbons (Fsp3) is 0.360. The first-order chi connectivity index (χ1) is 13.2. The summed E-state index contributed by atoms with van der Waals surface area (Å²) < 4.78 is 0. The van der Waals surface area contributed by atoms with Crippen molar-refractivity contribution in [3.05, 3.63) is 77.9 Å². The molecular weight excluding hydrogens is 328 g/mol. The van der Waals surface area contributed by atoms with Gasteiger partial charge < -0.3 is 9.80 Å². The van der Waals surface area contributed by atoms with E-state index in [1.807, 2.05) is 6.08 Å². The van der Waals surface area contributed by atoms with Crippen LogP contribution in [0.5, 0.6) is 0 Å². The summed E-state index contributed by atoms with van der Waals surface area (Å²) >= 11 is 0. The fourth-order valence-electron chi connectivity index (χ4n) is 4.05. The normalized spacial score (nSPS) is 14.5. The minimum atomic E-state index is 1.03. The second kappa shape index (κ2) is 8.94. The van der Waals surface area contributed by atoms with E-state index in [4.69, 9.17) is 0 Å². The lowest BCUT2D eigenvalue weighted by Crippen LogP contribution is -2.22. The maximum Gasteiger partial charge on any atom is 0.0396 e. The van der Waals surface area contributed by atoms with Gasteiger partial charge in [-0.05, 0) is 80.1 Å². The SMILES string of the molecule is C=CC=C(c1ccc(N2CCCC2)cc1)c1ccc(N(CC)CC)c(C)c1. The summed E-state index contributed by atoms with van der Waals surface area (Å²) in [5, 5.41) is 0. The Bertz CT molecular complexity index is 792. The molecule has 0 aromatic heterocycles. The Hall–Kier alpha value is -2.48. The predicted octanol–water partition coefficient (Wildman–Crippen LogP) is 6.06. The smallest absolute Gasteiger partial charge is 0.0396 e. The first-order valence-electron chi connectivity index (χ1n) is 10.2. The van der Waals surface area contributed by atoms with Gasteiger partial charge in [-0.1, -0.05) is 36.9 Å². The van der Waals surface area contributed by atoms with Crippen LogP contribution in [0.15, 0.2) is 61.2 Å². The van der Waals surface area contributed by atoms with Crippen LogP contribution in [-0.4, -0.2) is 26.2 Å². The number of aryl methyl sites for hydroxylation is 1. The van der Waals surface area contributed by atoms with Crippen LogP contribution in [0.2, 0.25) is 0 Å². The first kappa shape index (κ1) is 19.3. The molecule has 0 aliphatic carbocycles. The molecule has 1 heterocycles. The summed E-state index contributed by atoms with van der Waals surface area (Å²) in [6, 6.07) is 15.8. The van der Waals surface area contributed by atoms with Crippen LogP contribution >= 0.6 is 0 Å². The molecular formula is C25H32N2. The summed E-state index contributed by atoms with van der Waals surface area (Å²) in [5.74, 6) is 0. The third-order valence-corrected chi connectivity index (χ3v) is 5.55. The monoisotopic (exact) mass is 360 g/mol. The molecule has 142 valence electrons. The van der Waals surface area contributed by atoms with Crippen LogP contribution in [0.25, 0.3) is 5.57 Å². The molecule has 3 rings (SSSR count). The van der Waals surface area contributed by atoms with Crippen molar-refractivity contribution in [2.45, 2.75) is 33.6 Å². The van der Waals surface area contributed by atoms with E-state index in [2.05, 4.69) is 85.7 Å². The van der Waals surface area contributed by atoms with Crippen molar-refractivity contribution in [3.63, 3.8) is 0 Å². The quantitative estimate of drug-likeness (QED) is 0.554. The van der Waals surface area contributed by atoms with Crippen molar-refractivity contribution >= 4 is 16.9 Å². The van der Waals surface area contributed by atoms with E-state index < -0.39 is 0 Å². The highest BCUT2D eigenvalue weighted by Gasteiger charge is 2.13. The molecule has 0 spiro atoms. The van der Waals surface area contributed by atoms with Gasteiger partial charge in [0, 0.05) is 37.6 Å². The molecule has 0 radical (unpaired) electrons. The summed E-state index contributed by atoms with van der Waals surface area (Å²) in [5.41, 5.74) is 7.70. The molecule has 1 aliphatic heterocycles. The Labute approximate surface area is 164 Å². The van der Waals surface area contributed by atoms with Crippen molar-refractivity contribution in [3.8, 4) is 0 Å². The van der Waals surface area contributed by atoms with Crippen LogP contribution in [0.1, 0.15) is 43.4 Å². The highest BCUT2D eigenvalue weighted by molar-refractivity contribution is 5.82. The van der Waals surface area contributed by atoms with Gasteiger partial charge in [0.05, 0.1) is 0 Å². The lowest BCUT2D eigenvalue weighted by atomic mass is 9.95. The van der Waals surface area contributed by atoms with Gasteiger partial charge in [-0.3, -0.25) is 0 Å². The van der Waals surface area contributed by atoms with E-state index in [0.717, 1.165) is 13.1 Å². The Morgan fingerprint density at radius 2 is 1.63 bits per heavy atom. The number of hydrogen-bond donors (Lipinski definition) is 0. The molecule has 2 aromatic carbocycles. The Balaban J connectivity index is 1.90. The number of hydrogen-bond acceptors (Lipinski definition) is 2. The van der Waals surface area contributed by atoms with E-state index >= 15 is 0 Å². The lowest BCUT2D eigenvalue weighted by Gasteiger charge is -2.24. The molecule has 1 saturated heterocycles. The van der Waals surface area contributed by atoms with Gasteiger partial charge >= 0.3 is 0 Å². The van der Waals surface area contributed by atoms with Crippen LogP contribution in [-0.2, 0) is 0 Å². The molecule has 0 amide bonds. The topological polar surface area (TPSA) is 6.48 Å². The third kappa shape index (κ3) is 4.27. The maximum absolute atomic E-state index is 3.93. The predicted molar refractivity (Wildman–Crippen MR) is 120 cm³/mol. The second-order valence-electron chi connectivity index (χ2n) is 7.23. The van der Waals surface area contributed by atoms with Gasteiger partial charge in [0.25, 0.3) is 0 Å². The van der Waals surface area contributed by atoms with E-state index in [-0.39, 0.29) is 0 Å². The van der Waals surface area contributed by atoms with Crippen LogP contribution in [0, 0.1) is 6.92 Å². The molecule has 0 atom stereocenters. The van der Waals surface area contributed by atoms with Crippen LogP contribution < -0.4 is 9.80 Å². The molecule has 0 saturated carbocycles. The van der Waals surface area contributed by atoms with E-state index in [1.165, 1.54) is 59.6 Å². The van der Waals surface area contributed by atoms with Gasteiger partial charge in [-0.25, -0.2) is 0 Å². The Morgan fingerprint density at radius 1 is 1.00 bits per heavy atom. The average molecular weight is 361 g/mol. The van der Waals surface area contributed by atoms with E-state index in [9.17, 15) is 0 Å². The van der Waals surface area contributed by atoms with Crippen molar-refractivity contribution in [1.29, 1.82) is 0 Å². The molecule has 2 heteroatoms. The molecule has 0 bridgehead atoms. The highest BCUT2D eigenvalue weighted by Crippen LogP contribution is 2.30. The van der Waals surface area contributed by atoms with Crippen LogP contribution in [0.4, 0.5) is 11.4 Å². The number of anilines is 2. The summed E-state index contributed by atoms with van der Waals surface area (Å²) in [6.07, 6.45) is 6.62. The zero-order valence-electron chi connectivity index (χ0n) is 17.0. The molecule has 0 unspecified atom stereocenters. The summed E-state index contributed by atoms with van der Waals surface area (Å²) in [4.78, 5) is 4.88. The number of rotatable bonds is 7. The summed E-state index contributed by atoms with van der Waals surface area (Å²) in [7, 11) is 0. The number of allylic oxidation sites excluding steroid dienone is 2. The molecule has 27 heavy (non-hydrogen) atoms. The van der Waals surface area contributed by atoms with Gasteiger partial charge in [-0.2, -0.15) is 0 Å². The molecule has 1 aliphatic rings. The highest BCUT2D eigenvalue weighted by atomic mass is 15.1. The Morgan fingerprint density at radius 3 is 2.19 bits per heavy atom. The molecule has 2 aromatic rings.